The third kappa shape index (κ3) is 7.47. The van der Waals surface area contributed by atoms with Crippen LogP contribution < -0.4 is 10.6 Å². The summed E-state index contributed by atoms with van der Waals surface area (Å²) in [4.78, 5) is 4.73. The van der Waals surface area contributed by atoms with E-state index in [4.69, 9.17) is 14.1 Å². The van der Waals surface area contributed by atoms with E-state index in [9.17, 15) is 0 Å². The van der Waals surface area contributed by atoms with E-state index in [0.717, 1.165) is 50.7 Å². The van der Waals surface area contributed by atoms with Crippen molar-refractivity contribution < 1.29 is 9.15 Å². The highest BCUT2D eigenvalue weighted by Crippen LogP contribution is 2.16. The lowest BCUT2D eigenvalue weighted by Crippen LogP contribution is -2.39. The van der Waals surface area contributed by atoms with Gasteiger partial charge in [0, 0.05) is 26.1 Å². The summed E-state index contributed by atoms with van der Waals surface area (Å²) in [5.41, 5.74) is 1.21. The van der Waals surface area contributed by atoms with Gasteiger partial charge in [0.15, 0.2) is 5.96 Å². The van der Waals surface area contributed by atoms with E-state index in [1.807, 2.05) is 30.3 Å². The predicted molar refractivity (Wildman–Crippen MR) is 109 cm³/mol. The van der Waals surface area contributed by atoms with E-state index in [0.29, 0.717) is 12.6 Å². The van der Waals surface area contributed by atoms with Crippen LogP contribution in [0.2, 0.25) is 0 Å². The number of aliphatic imine (C=N–C) groups is 1. The molecule has 2 N–H and O–H groups in total. The van der Waals surface area contributed by atoms with Crippen LogP contribution in [0.1, 0.15) is 43.4 Å². The predicted octanol–water partition coefficient (Wildman–Crippen LogP) is 3.91. The quantitative estimate of drug-likeness (QED) is 0.400. The van der Waals surface area contributed by atoms with Gasteiger partial charge in [-0.2, -0.15) is 0 Å². The Morgan fingerprint density at radius 1 is 1.04 bits per heavy atom. The third-order valence-corrected chi connectivity index (χ3v) is 4.78. The lowest BCUT2D eigenvalue weighted by atomic mass is 10.0. The Bertz CT molecular complexity index is 649. The number of rotatable bonds is 9. The van der Waals surface area contributed by atoms with Crippen molar-refractivity contribution in [1.29, 1.82) is 0 Å². The molecule has 1 unspecified atom stereocenters. The molecule has 146 valence electrons. The molecule has 27 heavy (non-hydrogen) atoms. The summed E-state index contributed by atoms with van der Waals surface area (Å²) in [6.45, 7) is 3.29. The molecule has 1 aliphatic rings. The van der Waals surface area contributed by atoms with Crippen LogP contribution in [0.15, 0.2) is 58.1 Å². The van der Waals surface area contributed by atoms with Crippen molar-refractivity contribution in [2.75, 3.05) is 19.7 Å². The number of hydrogen-bond acceptors (Lipinski definition) is 3. The zero-order valence-corrected chi connectivity index (χ0v) is 16.0. The van der Waals surface area contributed by atoms with Gasteiger partial charge < -0.3 is 19.8 Å². The Balaban J connectivity index is 1.43. The summed E-state index contributed by atoms with van der Waals surface area (Å²) in [6.07, 6.45) is 8.93. The molecule has 1 aromatic carbocycles. The van der Waals surface area contributed by atoms with Gasteiger partial charge in [-0.15, -0.1) is 0 Å². The van der Waals surface area contributed by atoms with Crippen molar-refractivity contribution in [2.45, 2.75) is 51.2 Å². The number of guanidine groups is 1. The Hall–Kier alpha value is -2.27. The van der Waals surface area contributed by atoms with E-state index in [2.05, 4.69) is 22.8 Å². The Morgan fingerprint density at radius 2 is 1.93 bits per heavy atom. The number of nitrogens with zero attached hydrogens (tertiary/aromatic N) is 1. The third-order valence-electron chi connectivity index (χ3n) is 4.78. The van der Waals surface area contributed by atoms with Gasteiger partial charge in [-0.25, -0.2) is 4.99 Å². The smallest absolute Gasteiger partial charge is 0.191 e. The van der Waals surface area contributed by atoms with Gasteiger partial charge in [0.05, 0.1) is 18.9 Å². The Labute approximate surface area is 162 Å². The Kier molecular flexibility index (Phi) is 8.26. The van der Waals surface area contributed by atoms with Crippen LogP contribution in [0.5, 0.6) is 0 Å². The maximum absolute atomic E-state index is 5.81. The summed E-state index contributed by atoms with van der Waals surface area (Å²) < 4.78 is 11.2. The molecule has 0 spiro atoms. The molecule has 1 saturated heterocycles. The second kappa shape index (κ2) is 11.4. The molecule has 1 aromatic heterocycles. The largest absolute Gasteiger partial charge is 0.469 e. The molecule has 1 atom stereocenters. The lowest BCUT2D eigenvalue weighted by Gasteiger charge is -2.22. The minimum atomic E-state index is 0.442. The molecule has 5 heteroatoms. The molecule has 3 rings (SSSR count). The van der Waals surface area contributed by atoms with E-state index in [-0.39, 0.29) is 0 Å². The number of furan rings is 1. The van der Waals surface area contributed by atoms with E-state index in [1.54, 1.807) is 6.26 Å². The summed E-state index contributed by atoms with van der Waals surface area (Å²) in [7, 11) is 0. The molecule has 0 saturated carbocycles. The van der Waals surface area contributed by atoms with Crippen molar-refractivity contribution in [3.05, 3.63) is 60.1 Å². The number of hydrogen-bond donors (Lipinski definition) is 2. The molecule has 0 bridgehead atoms. The Morgan fingerprint density at radius 3 is 2.70 bits per heavy atom. The lowest BCUT2D eigenvalue weighted by molar-refractivity contribution is 0.0104. The van der Waals surface area contributed by atoms with Crippen LogP contribution in [0, 0.1) is 0 Å². The molecule has 2 aromatic rings. The first kappa shape index (κ1) is 19.5. The zero-order chi connectivity index (χ0) is 18.6. The highest BCUT2D eigenvalue weighted by molar-refractivity contribution is 5.79. The molecule has 1 aliphatic heterocycles. The van der Waals surface area contributed by atoms with Gasteiger partial charge in [-0.3, -0.25) is 0 Å². The van der Waals surface area contributed by atoms with Crippen LogP contribution in [-0.2, 0) is 17.7 Å². The monoisotopic (exact) mass is 369 g/mol. The topological polar surface area (TPSA) is 58.8 Å². The molecule has 0 radical (unpaired) electrons. The van der Waals surface area contributed by atoms with Crippen molar-refractivity contribution >= 4 is 5.96 Å². The second-order valence-electron chi connectivity index (χ2n) is 6.96. The first-order valence-corrected chi connectivity index (χ1v) is 10.1. The molecule has 5 nitrogen and oxygen atoms in total. The minimum absolute atomic E-state index is 0.442. The number of ether oxygens (including phenoxy) is 1. The second-order valence-corrected chi connectivity index (χ2v) is 6.96. The summed E-state index contributed by atoms with van der Waals surface area (Å²) in [5, 5.41) is 6.88. The van der Waals surface area contributed by atoms with Crippen LogP contribution in [0.4, 0.5) is 0 Å². The zero-order valence-electron chi connectivity index (χ0n) is 16.0. The van der Waals surface area contributed by atoms with Gasteiger partial charge in [0.1, 0.15) is 5.76 Å². The fourth-order valence-electron chi connectivity index (χ4n) is 3.26. The molecule has 1 fully saturated rings. The SMILES string of the molecule is c1ccc(CN=C(NCCCC2CCCCO2)NCCc2ccco2)cc1. The van der Waals surface area contributed by atoms with Crippen LogP contribution >= 0.6 is 0 Å². The van der Waals surface area contributed by atoms with Gasteiger partial charge in [-0.1, -0.05) is 30.3 Å². The van der Waals surface area contributed by atoms with Crippen molar-refractivity contribution in [1.82, 2.24) is 10.6 Å². The van der Waals surface area contributed by atoms with E-state index in [1.165, 1.54) is 24.8 Å². The maximum Gasteiger partial charge on any atom is 0.191 e. The van der Waals surface area contributed by atoms with Crippen LogP contribution in [0.3, 0.4) is 0 Å². The first-order chi connectivity index (χ1) is 13.4. The fourth-order valence-corrected chi connectivity index (χ4v) is 3.26. The van der Waals surface area contributed by atoms with Crippen molar-refractivity contribution in [3.8, 4) is 0 Å². The highest BCUT2D eigenvalue weighted by atomic mass is 16.5. The molecule has 2 heterocycles. The van der Waals surface area contributed by atoms with Gasteiger partial charge >= 0.3 is 0 Å². The molecular formula is C22H31N3O2. The summed E-state index contributed by atoms with van der Waals surface area (Å²) >= 11 is 0. The van der Waals surface area contributed by atoms with Crippen LogP contribution in [-0.4, -0.2) is 31.8 Å². The van der Waals surface area contributed by atoms with Gasteiger partial charge in [-0.05, 0) is 49.8 Å². The first-order valence-electron chi connectivity index (χ1n) is 10.1. The van der Waals surface area contributed by atoms with Gasteiger partial charge in [0.2, 0.25) is 0 Å². The molecule has 0 aliphatic carbocycles. The molecular weight excluding hydrogens is 338 g/mol. The number of benzene rings is 1. The maximum atomic E-state index is 5.81. The van der Waals surface area contributed by atoms with Crippen molar-refractivity contribution in [3.63, 3.8) is 0 Å². The van der Waals surface area contributed by atoms with Crippen molar-refractivity contribution in [2.24, 2.45) is 4.99 Å². The van der Waals surface area contributed by atoms with Crippen LogP contribution in [0.25, 0.3) is 0 Å². The fraction of sp³-hybridized carbons (Fsp3) is 0.500. The molecule has 0 amide bonds. The standard InChI is InChI=1S/C22H31N3O2/c1-2-8-19(9-3-1)18-25-22(24-15-13-21-12-7-17-27-21)23-14-6-11-20-10-4-5-16-26-20/h1-3,7-9,12,17,20H,4-6,10-11,13-16,18H2,(H2,23,24,25). The highest BCUT2D eigenvalue weighted by Gasteiger charge is 2.13. The average molecular weight is 370 g/mol. The summed E-state index contributed by atoms with van der Waals surface area (Å²) in [5.74, 6) is 1.84. The van der Waals surface area contributed by atoms with E-state index >= 15 is 0 Å². The van der Waals surface area contributed by atoms with E-state index < -0.39 is 0 Å². The summed E-state index contributed by atoms with van der Waals surface area (Å²) in [6, 6.07) is 14.3. The number of nitrogens with one attached hydrogen (secondary N) is 2. The van der Waals surface area contributed by atoms with Gasteiger partial charge in [0.25, 0.3) is 0 Å². The average Bonchev–Trinajstić information content (AvgIpc) is 3.24. The normalized spacial score (nSPS) is 17.6. The minimum Gasteiger partial charge on any atom is -0.469 e.